The average Bonchev–Trinajstić information content (AvgIpc) is 3.03. The molecular weight excluding hydrogens is 268 g/mol. The maximum Gasteiger partial charge on any atom is 0.0576 e. The van der Waals surface area contributed by atoms with E-state index in [-0.39, 0.29) is 0 Å². The van der Waals surface area contributed by atoms with Crippen molar-refractivity contribution >= 4 is 11.3 Å². The summed E-state index contributed by atoms with van der Waals surface area (Å²) in [6, 6.07) is 5.67. The molecule has 4 nitrogen and oxygen atoms in total. The fourth-order valence-corrected chi connectivity index (χ4v) is 3.69. The molecule has 5 heteroatoms. The largest absolute Gasteiger partial charge is 0.311 e. The van der Waals surface area contributed by atoms with Gasteiger partial charge in [0.15, 0.2) is 0 Å². The van der Waals surface area contributed by atoms with Crippen molar-refractivity contribution < 1.29 is 0 Å². The summed E-state index contributed by atoms with van der Waals surface area (Å²) >= 11 is 1.88. The monoisotopic (exact) mass is 290 g/mol. The fraction of sp³-hybridized carbons (Fsp3) is 0.533. The lowest BCUT2D eigenvalue weighted by molar-refractivity contribution is 0.140. The Kier molecular flexibility index (Phi) is 3.92. The molecule has 108 valence electrons. The van der Waals surface area contributed by atoms with Gasteiger partial charge in [-0.05, 0) is 26.0 Å². The summed E-state index contributed by atoms with van der Waals surface area (Å²) in [6.07, 6.45) is 4.01. The number of nitrogens with zero attached hydrogens (tertiary/aromatic N) is 3. The first kappa shape index (κ1) is 13.8. The van der Waals surface area contributed by atoms with Gasteiger partial charge in [-0.3, -0.25) is 9.58 Å². The van der Waals surface area contributed by atoms with Crippen LogP contribution in [0.2, 0.25) is 0 Å². The lowest BCUT2D eigenvalue weighted by atomic mass is 10.1. The van der Waals surface area contributed by atoms with Crippen LogP contribution in [0.5, 0.6) is 0 Å². The van der Waals surface area contributed by atoms with Crippen LogP contribution in [0.4, 0.5) is 0 Å². The van der Waals surface area contributed by atoms with Crippen molar-refractivity contribution in [3.05, 3.63) is 29.4 Å². The standard InChI is InChI=1S/C15H22N4S/c1-11-8-19(12(2)6-16-11)10-14-4-5-15(20-14)13-7-17-18(3)9-13/h4-5,7,9,11-12,16H,6,8,10H2,1-3H3. The summed E-state index contributed by atoms with van der Waals surface area (Å²) in [6.45, 7) is 7.82. The number of nitrogens with one attached hydrogen (secondary N) is 1. The Morgan fingerprint density at radius 1 is 1.40 bits per heavy atom. The Morgan fingerprint density at radius 3 is 3.00 bits per heavy atom. The molecule has 2 atom stereocenters. The van der Waals surface area contributed by atoms with Gasteiger partial charge >= 0.3 is 0 Å². The maximum absolute atomic E-state index is 4.24. The highest BCUT2D eigenvalue weighted by molar-refractivity contribution is 7.15. The van der Waals surface area contributed by atoms with Crippen LogP contribution < -0.4 is 5.32 Å². The summed E-state index contributed by atoms with van der Waals surface area (Å²) in [5.41, 5.74) is 1.21. The molecule has 0 aromatic carbocycles. The van der Waals surface area contributed by atoms with Gasteiger partial charge in [-0.25, -0.2) is 0 Å². The van der Waals surface area contributed by atoms with Crippen LogP contribution in [0.3, 0.4) is 0 Å². The lowest BCUT2D eigenvalue weighted by Gasteiger charge is -2.37. The number of aromatic nitrogens is 2. The molecule has 2 unspecified atom stereocenters. The zero-order valence-electron chi connectivity index (χ0n) is 12.3. The van der Waals surface area contributed by atoms with Gasteiger partial charge in [0.25, 0.3) is 0 Å². The van der Waals surface area contributed by atoms with Crippen LogP contribution in [-0.4, -0.2) is 39.9 Å². The van der Waals surface area contributed by atoms with Crippen LogP contribution in [0, 0.1) is 0 Å². The van der Waals surface area contributed by atoms with E-state index in [1.165, 1.54) is 15.3 Å². The molecule has 1 fully saturated rings. The molecule has 1 saturated heterocycles. The number of piperazine rings is 1. The van der Waals surface area contributed by atoms with Crippen LogP contribution in [-0.2, 0) is 13.6 Å². The lowest BCUT2D eigenvalue weighted by Crippen LogP contribution is -2.53. The highest BCUT2D eigenvalue weighted by Gasteiger charge is 2.22. The number of hydrogen-bond donors (Lipinski definition) is 1. The molecule has 0 bridgehead atoms. The van der Waals surface area contributed by atoms with Gasteiger partial charge in [-0.15, -0.1) is 11.3 Å². The number of aryl methyl sites for hydroxylation is 1. The summed E-state index contributed by atoms with van der Waals surface area (Å²) in [4.78, 5) is 5.31. The first-order valence-corrected chi connectivity index (χ1v) is 7.98. The van der Waals surface area contributed by atoms with E-state index in [9.17, 15) is 0 Å². The van der Waals surface area contributed by atoms with E-state index >= 15 is 0 Å². The molecular formula is C15H22N4S. The van der Waals surface area contributed by atoms with Crippen LogP contribution in [0.15, 0.2) is 24.5 Å². The third-order valence-electron chi connectivity index (χ3n) is 3.90. The van der Waals surface area contributed by atoms with Crippen molar-refractivity contribution in [2.75, 3.05) is 13.1 Å². The van der Waals surface area contributed by atoms with Gasteiger partial charge in [0, 0.05) is 60.3 Å². The normalized spacial score (nSPS) is 24.1. The van der Waals surface area contributed by atoms with E-state index in [1.807, 2.05) is 29.3 Å². The van der Waals surface area contributed by atoms with Crippen molar-refractivity contribution in [2.24, 2.45) is 7.05 Å². The van der Waals surface area contributed by atoms with Crippen LogP contribution in [0.25, 0.3) is 10.4 Å². The van der Waals surface area contributed by atoms with Crippen molar-refractivity contribution in [3.8, 4) is 10.4 Å². The predicted molar refractivity (Wildman–Crippen MR) is 83.9 cm³/mol. The van der Waals surface area contributed by atoms with Crippen molar-refractivity contribution in [1.82, 2.24) is 20.0 Å². The second-order valence-electron chi connectivity index (χ2n) is 5.76. The fourth-order valence-electron chi connectivity index (χ4n) is 2.68. The first-order valence-electron chi connectivity index (χ1n) is 7.17. The molecule has 2 aromatic heterocycles. The SMILES string of the molecule is CC1CN(Cc2ccc(-c3cnn(C)c3)s2)C(C)CN1. The van der Waals surface area contributed by atoms with Crippen LogP contribution >= 0.6 is 11.3 Å². The van der Waals surface area contributed by atoms with Crippen molar-refractivity contribution in [2.45, 2.75) is 32.5 Å². The van der Waals surface area contributed by atoms with Gasteiger partial charge in [0.05, 0.1) is 6.20 Å². The smallest absolute Gasteiger partial charge is 0.0576 e. The van der Waals surface area contributed by atoms with Crippen LogP contribution in [0.1, 0.15) is 18.7 Å². The molecule has 0 amide bonds. The molecule has 20 heavy (non-hydrogen) atoms. The van der Waals surface area contributed by atoms with E-state index in [4.69, 9.17) is 0 Å². The maximum atomic E-state index is 4.24. The first-order chi connectivity index (χ1) is 9.61. The van der Waals surface area contributed by atoms with Gasteiger partial charge in [-0.1, -0.05) is 0 Å². The number of hydrogen-bond acceptors (Lipinski definition) is 4. The summed E-state index contributed by atoms with van der Waals surface area (Å²) in [7, 11) is 1.96. The van der Waals surface area contributed by atoms with Crippen molar-refractivity contribution in [3.63, 3.8) is 0 Å². The highest BCUT2D eigenvalue weighted by atomic mass is 32.1. The van der Waals surface area contributed by atoms with E-state index in [2.05, 4.69) is 47.5 Å². The molecule has 3 rings (SSSR count). The second-order valence-corrected chi connectivity index (χ2v) is 6.92. The summed E-state index contributed by atoms with van der Waals surface area (Å²) < 4.78 is 1.86. The Hall–Kier alpha value is -1.17. The molecule has 3 heterocycles. The Labute approximate surface area is 124 Å². The summed E-state index contributed by atoms with van der Waals surface area (Å²) in [5.74, 6) is 0. The van der Waals surface area contributed by atoms with Crippen molar-refractivity contribution in [1.29, 1.82) is 0 Å². The third kappa shape index (κ3) is 2.95. The van der Waals surface area contributed by atoms with Gasteiger partial charge in [0.2, 0.25) is 0 Å². The number of rotatable bonds is 3. The average molecular weight is 290 g/mol. The Bertz CT molecular complexity index is 574. The molecule has 2 aromatic rings. The zero-order chi connectivity index (χ0) is 14.1. The molecule has 1 aliphatic rings. The van der Waals surface area contributed by atoms with Gasteiger partial charge in [-0.2, -0.15) is 5.10 Å². The van der Waals surface area contributed by atoms with E-state index < -0.39 is 0 Å². The summed E-state index contributed by atoms with van der Waals surface area (Å²) in [5, 5.41) is 7.78. The Morgan fingerprint density at radius 2 is 2.25 bits per heavy atom. The minimum absolute atomic E-state index is 0.587. The molecule has 1 aliphatic heterocycles. The van der Waals surface area contributed by atoms with E-state index in [0.717, 1.165) is 19.6 Å². The van der Waals surface area contributed by atoms with E-state index in [0.29, 0.717) is 12.1 Å². The quantitative estimate of drug-likeness (QED) is 0.942. The minimum atomic E-state index is 0.587. The zero-order valence-corrected chi connectivity index (χ0v) is 13.2. The third-order valence-corrected chi connectivity index (χ3v) is 5.02. The molecule has 1 N–H and O–H groups in total. The second kappa shape index (κ2) is 5.68. The minimum Gasteiger partial charge on any atom is -0.311 e. The predicted octanol–water partition coefficient (Wildman–Crippen LogP) is 2.33. The van der Waals surface area contributed by atoms with Gasteiger partial charge in [0.1, 0.15) is 0 Å². The molecule has 0 saturated carbocycles. The molecule has 0 spiro atoms. The number of thiophene rings is 1. The van der Waals surface area contributed by atoms with E-state index in [1.54, 1.807) is 0 Å². The molecule has 0 radical (unpaired) electrons. The topological polar surface area (TPSA) is 33.1 Å². The van der Waals surface area contributed by atoms with Gasteiger partial charge < -0.3 is 5.32 Å². The molecule has 0 aliphatic carbocycles. The Balaban J connectivity index is 1.70. The highest BCUT2D eigenvalue weighted by Crippen LogP contribution is 2.29.